The third-order valence-electron chi connectivity index (χ3n) is 5.05. The predicted octanol–water partition coefficient (Wildman–Crippen LogP) is -0.239. The molecule has 1 aliphatic heterocycles. The first-order valence-corrected chi connectivity index (χ1v) is 8.81. The average molecular weight is 349 g/mol. The Bertz CT molecular complexity index is 651. The van der Waals surface area contributed by atoms with E-state index in [0.29, 0.717) is 25.2 Å². The van der Waals surface area contributed by atoms with E-state index in [1.54, 1.807) is 6.07 Å². The van der Waals surface area contributed by atoms with Gasteiger partial charge in [0.1, 0.15) is 5.69 Å². The number of aliphatic hydroxyl groups excluding tert-OH is 1. The molecule has 25 heavy (non-hydrogen) atoms. The van der Waals surface area contributed by atoms with Crippen molar-refractivity contribution in [2.24, 2.45) is 0 Å². The summed E-state index contributed by atoms with van der Waals surface area (Å²) in [6.07, 6.45) is 0.760. The molecule has 8 heteroatoms. The Morgan fingerprint density at radius 1 is 1.40 bits per heavy atom. The molecule has 0 spiro atoms. The second-order valence-corrected chi connectivity index (χ2v) is 7.95. The molecule has 3 atom stereocenters. The van der Waals surface area contributed by atoms with E-state index < -0.39 is 6.10 Å². The smallest absolute Gasteiger partial charge is 0.272 e. The SMILES string of the molecule is CC(C)(C)c1cc(C(=O)N[C@@H]2CC[C@@H](N3CCNC(=O)C3)[C@@H]2O)n[nH]1. The van der Waals surface area contributed by atoms with Crippen molar-refractivity contribution in [3.8, 4) is 0 Å². The fourth-order valence-corrected chi connectivity index (χ4v) is 3.52. The molecular weight excluding hydrogens is 322 g/mol. The van der Waals surface area contributed by atoms with Gasteiger partial charge in [0, 0.05) is 30.2 Å². The van der Waals surface area contributed by atoms with E-state index in [4.69, 9.17) is 0 Å². The highest BCUT2D eigenvalue weighted by Gasteiger charge is 2.40. The number of aliphatic hydroxyl groups is 1. The van der Waals surface area contributed by atoms with Gasteiger partial charge in [-0.25, -0.2) is 0 Å². The van der Waals surface area contributed by atoms with Crippen LogP contribution in [0.15, 0.2) is 6.07 Å². The molecule has 0 unspecified atom stereocenters. The average Bonchev–Trinajstić information content (AvgIpc) is 3.15. The van der Waals surface area contributed by atoms with Gasteiger partial charge in [0.15, 0.2) is 0 Å². The predicted molar refractivity (Wildman–Crippen MR) is 92.2 cm³/mol. The maximum absolute atomic E-state index is 12.4. The Morgan fingerprint density at radius 2 is 2.16 bits per heavy atom. The van der Waals surface area contributed by atoms with E-state index in [1.165, 1.54) is 0 Å². The van der Waals surface area contributed by atoms with Crippen molar-refractivity contribution in [2.75, 3.05) is 19.6 Å². The first-order chi connectivity index (χ1) is 11.8. The molecule has 0 aromatic carbocycles. The Morgan fingerprint density at radius 3 is 2.80 bits per heavy atom. The number of H-pyrrole nitrogens is 1. The second-order valence-electron chi connectivity index (χ2n) is 7.95. The number of amides is 2. The Kier molecular flexibility index (Phi) is 4.83. The number of piperazine rings is 1. The number of carbonyl (C=O) groups is 2. The van der Waals surface area contributed by atoms with Crippen LogP contribution < -0.4 is 10.6 Å². The molecule has 0 bridgehead atoms. The van der Waals surface area contributed by atoms with Crippen LogP contribution in [0.5, 0.6) is 0 Å². The number of nitrogens with zero attached hydrogens (tertiary/aromatic N) is 2. The third-order valence-corrected chi connectivity index (χ3v) is 5.05. The van der Waals surface area contributed by atoms with Gasteiger partial charge >= 0.3 is 0 Å². The minimum atomic E-state index is -0.684. The highest BCUT2D eigenvalue weighted by molar-refractivity contribution is 5.92. The van der Waals surface area contributed by atoms with Gasteiger partial charge in [0.2, 0.25) is 5.91 Å². The molecule has 2 fully saturated rings. The summed E-state index contributed by atoms with van der Waals surface area (Å²) in [5, 5.41) is 23.3. The molecule has 1 aromatic heterocycles. The Hall–Kier alpha value is -1.93. The maximum Gasteiger partial charge on any atom is 0.272 e. The Balaban J connectivity index is 1.60. The fraction of sp³-hybridized carbons (Fsp3) is 0.706. The lowest BCUT2D eigenvalue weighted by Crippen LogP contribution is -2.55. The standard InChI is InChI=1S/C17H27N5O3/c1-17(2,3)13-8-11(20-21-13)16(25)19-10-4-5-12(15(10)24)22-7-6-18-14(23)9-22/h8,10,12,15,24H,4-7,9H2,1-3H3,(H,18,23)(H,19,25)(H,20,21)/t10-,12-,15-/m1/s1. The quantitative estimate of drug-likeness (QED) is 0.602. The summed E-state index contributed by atoms with van der Waals surface area (Å²) < 4.78 is 0. The monoisotopic (exact) mass is 349 g/mol. The lowest BCUT2D eigenvalue weighted by Gasteiger charge is -2.34. The molecule has 8 nitrogen and oxygen atoms in total. The molecule has 138 valence electrons. The number of hydrogen-bond donors (Lipinski definition) is 4. The maximum atomic E-state index is 12.4. The summed E-state index contributed by atoms with van der Waals surface area (Å²) in [5.41, 5.74) is 1.11. The minimum absolute atomic E-state index is 0.0165. The summed E-state index contributed by atoms with van der Waals surface area (Å²) in [6, 6.07) is 1.33. The highest BCUT2D eigenvalue weighted by atomic mass is 16.3. The summed E-state index contributed by atoms with van der Waals surface area (Å²) in [4.78, 5) is 26.0. The van der Waals surface area contributed by atoms with Crippen molar-refractivity contribution in [3.63, 3.8) is 0 Å². The molecule has 4 N–H and O–H groups in total. The topological polar surface area (TPSA) is 110 Å². The number of aromatic nitrogens is 2. The lowest BCUT2D eigenvalue weighted by molar-refractivity contribution is -0.125. The summed E-state index contributed by atoms with van der Waals surface area (Å²) in [7, 11) is 0. The molecule has 1 saturated carbocycles. The van der Waals surface area contributed by atoms with Gasteiger partial charge in [0.05, 0.1) is 18.7 Å². The normalized spacial score (nSPS) is 28.0. The van der Waals surface area contributed by atoms with Gasteiger partial charge < -0.3 is 15.7 Å². The van der Waals surface area contributed by atoms with E-state index in [2.05, 4.69) is 20.8 Å². The number of nitrogens with one attached hydrogen (secondary N) is 3. The zero-order valence-corrected chi connectivity index (χ0v) is 15.0. The van der Waals surface area contributed by atoms with Crippen LogP contribution in [-0.4, -0.2) is 69.8 Å². The van der Waals surface area contributed by atoms with Crippen molar-refractivity contribution in [2.45, 2.75) is 57.2 Å². The van der Waals surface area contributed by atoms with Gasteiger partial charge in [-0.05, 0) is 18.9 Å². The van der Waals surface area contributed by atoms with Gasteiger partial charge in [-0.3, -0.25) is 19.6 Å². The number of aromatic amines is 1. The highest BCUT2D eigenvalue weighted by Crippen LogP contribution is 2.26. The molecule has 2 aliphatic rings. The largest absolute Gasteiger partial charge is 0.389 e. The summed E-state index contributed by atoms with van der Waals surface area (Å²) >= 11 is 0. The minimum Gasteiger partial charge on any atom is -0.389 e. The molecular formula is C17H27N5O3. The van der Waals surface area contributed by atoms with Crippen LogP contribution in [0, 0.1) is 0 Å². The van der Waals surface area contributed by atoms with E-state index in [1.807, 2.05) is 25.7 Å². The van der Waals surface area contributed by atoms with E-state index in [9.17, 15) is 14.7 Å². The number of rotatable bonds is 3. The van der Waals surface area contributed by atoms with E-state index in [-0.39, 0.29) is 29.3 Å². The third kappa shape index (κ3) is 3.85. The number of carbonyl (C=O) groups excluding carboxylic acids is 2. The molecule has 2 amide bonds. The van der Waals surface area contributed by atoms with Crippen molar-refractivity contribution >= 4 is 11.8 Å². The molecule has 1 aromatic rings. The van der Waals surface area contributed by atoms with E-state index >= 15 is 0 Å². The van der Waals surface area contributed by atoms with Crippen molar-refractivity contribution < 1.29 is 14.7 Å². The zero-order valence-electron chi connectivity index (χ0n) is 15.0. The van der Waals surface area contributed by atoms with Crippen LogP contribution in [-0.2, 0) is 10.2 Å². The van der Waals surface area contributed by atoms with Crippen LogP contribution in [0.3, 0.4) is 0 Å². The summed E-state index contributed by atoms with van der Waals surface area (Å²) in [5.74, 6) is -0.301. The molecule has 3 rings (SSSR count). The van der Waals surface area contributed by atoms with Crippen molar-refractivity contribution in [1.29, 1.82) is 0 Å². The Labute approximate surface area is 147 Å². The van der Waals surface area contributed by atoms with Gasteiger partial charge in [-0.1, -0.05) is 20.8 Å². The van der Waals surface area contributed by atoms with Crippen LogP contribution in [0.4, 0.5) is 0 Å². The van der Waals surface area contributed by atoms with Crippen molar-refractivity contribution in [1.82, 2.24) is 25.7 Å². The first kappa shape index (κ1) is 17.9. The van der Waals surface area contributed by atoms with E-state index in [0.717, 1.165) is 18.7 Å². The molecule has 1 saturated heterocycles. The van der Waals surface area contributed by atoms with Gasteiger partial charge in [0.25, 0.3) is 5.91 Å². The van der Waals surface area contributed by atoms with Gasteiger partial charge in [-0.2, -0.15) is 5.10 Å². The lowest BCUT2D eigenvalue weighted by atomic mass is 9.92. The number of hydrogen-bond acceptors (Lipinski definition) is 5. The second kappa shape index (κ2) is 6.76. The van der Waals surface area contributed by atoms with Crippen LogP contribution in [0.2, 0.25) is 0 Å². The molecule has 1 aliphatic carbocycles. The fourth-order valence-electron chi connectivity index (χ4n) is 3.52. The van der Waals surface area contributed by atoms with Crippen molar-refractivity contribution in [3.05, 3.63) is 17.5 Å². The van der Waals surface area contributed by atoms with Gasteiger partial charge in [-0.15, -0.1) is 0 Å². The first-order valence-electron chi connectivity index (χ1n) is 8.81. The van der Waals surface area contributed by atoms with Crippen LogP contribution >= 0.6 is 0 Å². The molecule has 0 radical (unpaired) electrons. The zero-order chi connectivity index (χ0) is 18.2. The molecule has 2 heterocycles. The summed E-state index contributed by atoms with van der Waals surface area (Å²) in [6.45, 7) is 7.76. The van der Waals surface area contributed by atoms with Crippen LogP contribution in [0.25, 0.3) is 0 Å². The van der Waals surface area contributed by atoms with Crippen LogP contribution in [0.1, 0.15) is 49.8 Å².